The number of aliphatic imine (C=N–C) groups is 1. The molecule has 0 bridgehead atoms. The number of aryl methyl sites for hydroxylation is 1. The van der Waals surface area contributed by atoms with Gasteiger partial charge in [-0.25, -0.2) is 17.8 Å². The Balaban J connectivity index is 2.07. The Morgan fingerprint density at radius 1 is 1.32 bits per heavy atom. The van der Waals surface area contributed by atoms with Crippen molar-refractivity contribution in [1.82, 2.24) is 9.80 Å². The van der Waals surface area contributed by atoms with Gasteiger partial charge in [0.2, 0.25) is 0 Å². The van der Waals surface area contributed by atoms with E-state index in [-0.39, 0.29) is 16.7 Å². The summed E-state index contributed by atoms with van der Waals surface area (Å²) in [6.07, 6.45) is 0. The van der Waals surface area contributed by atoms with Crippen molar-refractivity contribution in [3.63, 3.8) is 0 Å². The number of likely N-dealkylation sites (N-methyl/N-ethyl adjacent to an activating group) is 1. The van der Waals surface area contributed by atoms with E-state index in [2.05, 4.69) is 16.5 Å². The first kappa shape index (κ1) is 16.5. The molecule has 0 aromatic heterocycles. The molecule has 134 valence electrons. The van der Waals surface area contributed by atoms with E-state index in [1.54, 1.807) is 24.9 Å². The smallest absolute Gasteiger partial charge is 0.184 e. The summed E-state index contributed by atoms with van der Waals surface area (Å²) in [5.74, 6) is 0.280. The normalized spacial score (nSPS) is 25.2. The van der Waals surface area contributed by atoms with Crippen molar-refractivity contribution in [1.29, 1.82) is 0 Å². The lowest BCUT2D eigenvalue weighted by Crippen LogP contribution is -2.56. The van der Waals surface area contributed by atoms with Gasteiger partial charge in [-0.15, -0.1) is 0 Å². The first-order chi connectivity index (χ1) is 11.7. The number of hydrogen-bond acceptors (Lipinski definition) is 6. The van der Waals surface area contributed by atoms with Gasteiger partial charge in [0, 0.05) is 26.7 Å². The number of amidine groups is 1. The van der Waals surface area contributed by atoms with Gasteiger partial charge >= 0.3 is 0 Å². The molecular formula is C17H21FN4O2S. The van der Waals surface area contributed by atoms with Crippen molar-refractivity contribution in [2.24, 2.45) is 4.99 Å². The zero-order valence-electron chi connectivity index (χ0n) is 14.6. The van der Waals surface area contributed by atoms with Gasteiger partial charge in [0.05, 0.1) is 23.0 Å². The second-order valence-corrected chi connectivity index (χ2v) is 9.00. The van der Waals surface area contributed by atoms with Gasteiger partial charge in [0.15, 0.2) is 9.84 Å². The lowest BCUT2D eigenvalue weighted by Gasteiger charge is -2.42. The minimum Gasteiger partial charge on any atom is -0.349 e. The average molecular weight is 364 g/mol. The van der Waals surface area contributed by atoms with Crippen LogP contribution >= 0.6 is 0 Å². The number of anilines is 1. The van der Waals surface area contributed by atoms with Gasteiger partial charge < -0.3 is 14.7 Å². The Kier molecular flexibility index (Phi) is 3.49. The van der Waals surface area contributed by atoms with Crippen molar-refractivity contribution in [3.05, 3.63) is 35.4 Å². The molecule has 3 aliphatic rings. The monoisotopic (exact) mass is 364 g/mol. The Morgan fingerprint density at radius 3 is 2.76 bits per heavy atom. The molecule has 1 fully saturated rings. The van der Waals surface area contributed by atoms with Crippen LogP contribution in [0.1, 0.15) is 11.1 Å². The molecule has 0 radical (unpaired) electrons. The van der Waals surface area contributed by atoms with Gasteiger partial charge in [-0.05, 0) is 25.6 Å². The second kappa shape index (κ2) is 5.28. The van der Waals surface area contributed by atoms with Crippen LogP contribution in [-0.2, 0) is 9.84 Å². The molecule has 4 rings (SSSR count). The van der Waals surface area contributed by atoms with Gasteiger partial charge in [0.25, 0.3) is 0 Å². The molecule has 0 N–H and O–H groups in total. The molecule has 3 heterocycles. The van der Waals surface area contributed by atoms with Crippen molar-refractivity contribution in [3.8, 4) is 0 Å². The lowest BCUT2D eigenvalue weighted by molar-refractivity contribution is 0.164. The predicted octanol–water partition coefficient (Wildman–Crippen LogP) is 1.21. The van der Waals surface area contributed by atoms with Crippen LogP contribution < -0.4 is 4.90 Å². The standard InChI is InChI=1S/C17H21FN4O2S/c1-10-7-13-14-16(15(10)18)25(23,24)9-12-8-20(3)5-6-22(12)17(14)19-11(2)21(13)4/h7,12H,2,5-6,8-9H2,1,3-4H3. The van der Waals surface area contributed by atoms with E-state index in [4.69, 9.17) is 0 Å². The van der Waals surface area contributed by atoms with Gasteiger partial charge in [-0.3, -0.25) is 0 Å². The van der Waals surface area contributed by atoms with E-state index in [0.717, 1.165) is 6.54 Å². The number of hydrogen-bond donors (Lipinski definition) is 0. The molecule has 0 aliphatic carbocycles. The number of rotatable bonds is 0. The third-order valence-corrected chi connectivity index (χ3v) is 7.10. The highest BCUT2D eigenvalue weighted by Crippen LogP contribution is 2.40. The third-order valence-electron chi connectivity index (χ3n) is 5.27. The Labute approximate surface area is 147 Å². The van der Waals surface area contributed by atoms with Crippen molar-refractivity contribution < 1.29 is 12.8 Å². The van der Waals surface area contributed by atoms with Gasteiger partial charge in [-0.1, -0.05) is 6.58 Å². The topological polar surface area (TPSA) is 56.2 Å². The SMILES string of the molecule is C=C1N=C2c3c(cc(C)c(F)c3S(=O)(=O)CC3CN(C)CCN23)N1C. The van der Waals surface area contributed by atoms with E-state index < -0.39 is 15.7 Å². The molecular weight excluding hydrogens is 343 g/mol. The van der Waals surface area contributed by atoms with Gasteiger partial charge in [-0.2, -0.15) is 0 Å². The highest BCUT2D eigenvalue weighted by molar-refractivity contribution is 7.91. The van der Waals surface area contributed by atoms with Crippen LogP contribution in [0.3, 0.4) is 0 Å². The summed E-state index contributed by atoms with van der Waals surface area (Å²) in [7, 11) is -0.0404. The summed E-state index contributed by atoms with van der Waals surface area (Å²) in [5.41, 5.74) is 1.34. The number of piperazine rings is 1. The molecule has 6 nitrogen and oxygen atoms in total. The molecule has 1 saturated heterocycles. The summed E-state index contributed by atoms with van der Waals surface area (Å²) < 4.78 is 41.1. The maximum Gasteiger partial charge on any atom is 0.184 e. The number of nitrogens with zero attached hydrogens (tertiary/aromatic N) is 4. The van der Waals surface area contributed by atoms with Crippen molar-refractivity contribution >= 4 is 21.4 Å². The molecule has 1 aromatic rings. The molecule has 1 unspecified atom stereocenters. The fourth-order valence-corrected chi connectivity index (χ4v) is 5.79. The Bertz CT molecular complexity index is 925. The minimum absolute atomic E-state index is 0.112. The van der Waals surface area contributed by atoms with Gasteiger partial charge in [0.1, 0.15) is 22.4 Å². The van der Waals surface area contributed by atoms with Crippen LogP contribution in [0.5, 0.6) is 0 Å². The summed E-state index contributed by atoms with van der Waals surface area (Å²) in [5, 5.41) is 0. The first-order valence-electron chi connectivity index (χ1n) is 8.23. The molecule has 25 heavy (non-hydrogen) atoms. The highest BCUT2D eigenvalue weighted by Gasteiger charge is 2.43. The summed E-state index contributed by atoms with van der Waals surface area (Å²) in [6.45, 7) is 7.63. The summed E-state index contributed by atoms with van der Waals surface area (Å²) in [4.78, 5) is 10.2. The van der Waals surface area contributed by atoms with E-state index in [1.807, 2.05) is 11.9 Å². The molecule has 8 heteroatoms. The number of halogens is 1. The summed E-state index contributed by atoms with van der Waals surface area (Å²) in [6, 6.07) is 1.43. The Morgan fingerprint density at radius 2 is 2.04 bits per heavy atom. The van der Waals surface area contributed by atoms with Crippen LogP contribution in [0.2, 0.25) is 0 Å². The predicted molar refractivity (Wildman–Crippen MR) is 95.3 cm³/mol. The van der Waals surface area contributed by atoms with Crippen LogP contribution in [0.15, 0.2) is 28.4 Å². The Hall–Kier alpha value is -1.93. The largest absolute Gasteiger partial charge is 0.349 e. The fraction of sp³-hybridized carbons (Fsp3) is 0.471. The molecule has 0 saturated carbocycles. The second-order valence-electron chi connectivity index (χ2n) is 7.03. The van der Waals surface area contributed by atoms with E-state index in [1.165, 1.54) is 0 Å². The lowest BCUT2D eigenvalue weighted by atomic mass is 10.0. The van der Waals surface area contributed by atoms with Crippen molar-refractivity contribution in [2.75, 3.05) is 44.4 Å². The van der Waals surface area contributed by atoms with E-state index in [0.29, 0.717) is 41.6 Å². The molecule has 0 spiro atoms. The first-order valence-corrected chi connectivity index (χ1v) is 9.88. The number of benzene rings is 1. The van der Waals surface area contributed by atoms with Crippen LogP contribution in [0.25, 0.3) is 0 Å². The van der Waals surface area contributed by atoms with E-state index >= 15 is 0 Å². The molecule has 1 atom stereocenters. The van der Waals surface area contributed by atoms with E-state index in [9.17, 15) is 12.8 Å². The van der Waals surface area contributed by atoms with Crippen LogP contribution in [-0.4, -0.2) is 69.6 Å². The molecule has 1 aromatic carbocycles. The molecule has 0 amide bonds. The highest BCUT2D eigenvalue weighted by atomic mass is 32.2. The average Bonchev–Trinajstić information content (AvgIpc) is 2.61. The van der Waals surface area contributed by atoms with Crippen LogP contribution in [0.4, 0.5) is 10.1 Å². The molecule has 3 aliphatic heterocycles. The van der Waals surface area contributed by atoms with Crippen LogP contribution in [0, 0.1) is 12.7 Å². The number of sulfone groups is 1. The maximum absolute atomic E-state index is 14.9. The maximum atomic E-state index is 14.9. The fourth-order valence-electron chi connectivity index (χ4n) is 3.89. The third kappa shape index (κ3) is 2.31. The van der Waals surface area contributed by atoms with Crippen molar-refractivity contribution in [2.45, 2.75) is 17.9 Å². The number of fused-ring (bicyclic) bond motifs is 2. The summed E-state index contributed by atoms with van der Waals surface area (Å²) >= 11 is 0. The zero-order valence-corrected chi connectivity index (χ0v) is 15.4. The quantitative estimate of drug-likeness (QED) is 0.693. The zero-order chi connectivity index (χ0) is 18.1. The minimum atomic E-state index is -3.78.